The van der Waals surface area contributed by atoms with Gasteiger partial charge in [0.2, 0.25) is 41.4 Å². The third-order valence-corrected chi connectivity index (χ3v) is 13.4. The molecule has 0 heterocycles. The Morgan fingerprint density at radius 1 is 0.459 bits per heavy atom. The Morgan fingerprint density at radius 3 is 1.47 bits per heavy atom. The fourth-order valence-electron chi connectivity index (χ4n) is 6.98. The number of nitrogens with one attached hydrogen (secondary N) is 5. The summed E-state index contributed by atoms with van der Waals surface area (Å²) >= 11 is 0. The van der Waals surface area contributed by atoms with Gasteiger partial charge in [0.25, 0.3) is 0 Å². The Hall–Kier alpha value is -7.56. The van der Waals surface area contributed by atoms with Crippen molar-refractivity contribution < 1.29 is 38.7 Å². The SMILES string of the molecule is NC(=O)[C@H](Cc1ccc(O)cc1)NC(=O)[C@H](CSSC[C@H](N)C(=O)N[C@@H](CCCN=C(N)N)C(N)=O)NC(=O)[C@H](Cc1ccc2ccccc2c1)NC(=O)[C@H](CCCN=C(N)N)NC(=O)[C@@H](N)CCCN=C(N)N. The van der Waals surface area contributed by atoms with Crippen molar-refractivity contribution >= 4 is 91.6 Å². The van der Waals surface area contributed by atoms with Gasteiger partial charge in [0, 0.05) is 44.0 Å². The first-order chi connectivity index (χ1) is 35.1. The molecule has 7 atom stereocenters. The summed E-state index contributed by atoms with van der Waals surface area (Å²) in [7, 11) is 2.11. The predicted octanol–water partition coefficient (Wildman–Crippen LogP) is -4.08. The van der Waals surface area contributed by atoms with Gasteiger partial charge >= 0.3 is 0 Å². The van der Waals surface area contributed by atoms with Crippen LogP contribution in [0.25, 0.3) is 10.8 Å². The molecule has 0 aliphatic carbocycles. The smallest absolute Gasteiger partial charge is 0.244 e. The zero-order chi connectivity index (χ0) is 54.7. The molecule has 0 aliphatic heterocycles. The van der Waals surface area contributed by atoms with Crippen LogP contribution in [0.2, 0.25) is 0 Å². The fraction of sp³-hybridized carbons (Fsp3) is 0.435. The lowest BCUT2D eigenvalue weighted by Crippen LogP contribution is -2.59. The molecule has 3 aromatic rings. The highest BCUT2D eigenvalue weighted by atomic mass is 33.1. The molecule has 26 N–H and O–H groups in total. The molecule has 0 unspecified atom stereocenters. The Morgan fingerprint density at radius 2 is 0.892 bits per heavy atom. The lowest BCUT2D eigenvalue weighted by atomic mass is 10.00. The van der Waals surface area contributed by atoms with Gasteiger partial charge in [0.05, 0.1) is 12.1 Å². The average molecular weight is 1070 g/mol. The highest BCUT2D eigenvalue weighted by Crippen LogP contribution is 2.24. The number of phenols is 1. The first kappa shape index (κ1) is 60.7. The molecule has 0 saturated heterocycles. The molecule has 0 fully saturated rings. The van der Waals surface area contributed by atoms with E-state index < -0.39 is 83.6 Å². The number of benzene rings is 3. The number of fused-ring (bicyclic) bond motifs is 1. The van der Waals surface area contributed by atoms with Gasteiger partial charge in [-0.3, -0.25) is 48.5 Å². The van der Waals surface area contributed by atoms with E-state index in [9.17, 15) is 38.7 Å². The van der Waals surface area contributed by atoms with Crippen LogP contribution in [-0.4, -0.2) is 138 Å². The zero-order valence-electron chi connectivity index (χ0n) is 40.8. The molecule has 404 valence electrons. The molecule has 0 aliphatic rings. The quantitative estimate of drug-likeness (QED) is 0.0119. The van der Waals surface area contributed by atoms with Crippen LogP contribution in [0.1, 0.15) is 49.7 Å². The molecular weight excluding hydrogens is 997 g/mol. The van der Waals surface area contributed by atoms with Crippen molar-refractivity contribution in [2.24, 2.45) is 72.3 Å². The highest BCUT2D eigenvalue weighted by Gasteiger charge is 2.32. The molecule has 0 bridgehead atoms. The van der Waals surface area contributed by atoms with Crippen molar-refractivity contribution in [2.45, 2.75) is 93.7 Å². The predicted molar refractivity (Wildman–Crippen MR) is 288 cm³/mol. The van der Waals surface area contributed by atoms with Crippen LogP contribution in [0.15, 0.2) is 81.7 Å². The van der Waals surface area contributed by atoms with Crippen LogP contribution in [0, 0.1) is 0 Å². The molecule has 28 heteroatoms. The number of nitrogens with two attached hydrogens (primary N) is 10. The van der Waals surface area contributed by atoms with Gasteiger partial charge in [-0.05, 0) is 72.6 Å². The van der Waals surface area contributed by atoms with E-state index in [4.69, 9.17) is 57.3 Å². The third kappa shape index (κ3) is 22.9. The minimum absolute atomic E-state index is 0.0105. The minimum atomic E-state index is -1.42. The van der Waals surface area contributed by atoms with Crippen molar-refractivity contribution in [3.8, 4) is 5.75 Å². The van der Waals surface area contributed by atoms with Crippen LogP contribution < -0.4 is 83.9 Å². The Bertz CT molecular complexity index is 2450. The van der Waals surface area contributed by atoms with E-state index in [1.165, 1.54) is 12.1 Å². The first-order valence-electron chi connectivity index (χ1n) is 23.4. The van der Waals surface area contributed by atoms with Crippen LogP contribution in [0.3, 0.4) is 0 Å². The second-order valence-corrected chi connectivity index (χ2v) is 19.5. The molecule has 0 radical (unpaired) electrons. The number of primary amides is 2. The van der Waals surface area contributed by atoms with E-state index in [0.717, 1.165) is 32.4 Å². The molecule has 0 aromatic heterocycles. The summed E-state index contributed by atoms with van der Waals surface area (Å²) in [5.41, 5.74) is 57.3. The topological polar surface area (TPSA) is 497 Å². The molecule has 0 saturated carbocycles. The number of aliphatic imine (C=N–C) groups is 3. The van der Waals surface area contributed by atoms with Crippen molar-refractivity contribution in [3.05, 3.63) is 77.9 Å². The van der Waals surface area contributed by atoms with Gasteiger partial charge in [-0.1, -0.05) is 76.2 Å². The number of nitrogens with zero attached hydrogens (tertiary/aromatic N) is 3. The highest BCUT2D eigenvalue weighted by molar-refractivity contribution is 8.76. The van der Waals surface area contributed by atoms with E-state index in [-0.39, 0.29) is 93.3 Å². The molecule has 74 heavy (non-hydrogen) atoms. The summed E-state index contributed by atoms with van der Waals surface area (Å²) in [6, 6.07) is 10.2. The summed E-state index contributed by atoms with van der Waals surface area (Å²) in [5.74, 6) is -6.18. The van der Waals surface area contributed by atoms with E-state index in [2.05, 4.69) is 41.6 Å². The first-order valence-corrected chi connectivity index (χ1v) is 25.9. The lowest BCUT2D eigenvalue weighted by Gasteiger charge is -2.27. The summed E-state index contributed by atoms with van der Waals surface area (Å²) in [6.07, 6.45) is 1.03. The molecule has 3 aromatic carbocycles. The van der Waals surface area contributed by atoms with Gasteiger partial charge < -0.3 is 89.0 Å². The maximum atomic E-state index is 14.7. The number of phenolic OH excluding ortho intramolecular Hbond substituents is 1. The van der Waals surface area contributed by atoms with Gasteiger partial charge in [0.1, 0.15) is 36.0 Å². The van der Waals surface area contributed by atoms with Crippen molar-refractivity contribution in [1.29, 1.82) is 0 Å². The van der Waals surface area contributed by atoms with E-state index in [1.54, 1.807) is 18.2 Å². The number of rotatable bonds is 33. The summed E-state index contributed by atoms with van der Waals surface area (Å²) in [5, 5.41) is 24.8. The van der Waals surface area contributed by atoms with Crippen LogP contribution in [0.4, 0.5) is 0 Å². The monoisotopic (exact) mass is 1070 g/mol. The summed E-state index contributed by atoms with van der Waals surface area (Å²) in [6.45, 7) is 0.507. The van der Waals surface area contributed by atoms with E-state index in [0.29, 0.717) is 24.0 Å². The van der Waals surface area contributed by atoms with E-state index in [1.807, 2.05) is 36.4 Å². The Balaban J connectivity index is 1.94. The zero-order valence-corrected chi connectivity index (χ0v) is 42.5. The summed E-state index contributed by atoms with van der Waals surface area (Å²) < 4.78 is 0. The molecule has 3 rings (SSSR count). The molecular formula is C46H70N18O8S2. The maximum absolute atomic E-state index is 14.7. The maximum Gasteiger partial charge on any atom is 0.244 e. The number of amides is 7. The van der Waals surface area contributed by atoms with Crippen molar-refractivity contribution in [2.75, 3.05) is 31.1 Å². The minimum Gasteiger partial charge on any atom is -0.508 e. The van der Waals surface area contributed by atoms with Crippen molar-refractivity contribution in [1.82, 2.24) is 26.6 Å². The molecule has 26 nitrogen and oxygen atoms in total. The fourth-order valence-corrected chi connectivity index (χ4v) is 9.27. The normalized spacial score (nSPS) is 13.8. The lowest BCUT2D eigenvalue weighted by molar-refractivity contribution is -0.134. The number of hydrogen-bond donors (Lipinski definition) is 16. The second-order valence-electron chi connectivity index (χ2n) is 17.0. The van der Waals surface area contributed by atoms with Crippen LogP contribution in [0.5, 0.6) is 5.75 Å². The number of carbonyl (C=O) groups excluding carboxylic acids is 7. The molecule has 0 spiro atoms. The van der Waals surface area contributed by atoms with Gasteiger partial charge in [-0.2, -0.15) is 0 Å². The largest absolute Gasteiger partial charge is 0.508 e. The third-order valence-electron chi connectivity index (χ3n) is 10.9. The Kier molecular flexibility index (Phi) is 26.1. The van der Waals surface area contributed by atoms with E-state index >= 15 is 0 Å². The number of aromatic hydroxyl groups is 1. The molecule has 7 amide bonds. The average Bonchev–Trinajstić information content (AvgIpc) is 3.34. The van der Waals surface area contributed by atoms with Gasteiger partial charge in [0.15, 0.2) is 17.9 Å². The second kappa shape index (κ2) is 31.8. The summed E-state index contributed by atoms with van der Waals surface area (Å²) in [4.78, 5) is 106. The van der Waals surface area contributed by atoms with Crippen LogP contribution in [-0.2, 0) is 46.4 Å². The number of hydrogen-bond acceptors (Lipinski definition) is 15. The standard InChI is InChI=1S/C46H70N18O8S2/c47-30(8-3-17-57-44(51)52)39(68)61-33(10-5-19-59-46(55)56)41(70)63-35(22-26-11-14-27-6-1-2-7-28(27)20-26)42(71)64-36(43(72)62-34(38(50)67)21-25-12-15-29(65)16-13-25)24-74-73-23-31(48)40(69)60-32(37(49)66)9-4-18-58-45(53)54/h1-2,6-7,11-16,20,30-36,65H,3-5,8-10,17-19,21-24,47-48H2,(H2,49,66)(H2,50,67)(H,60,69)(H,61,68)(H,62,72)(H,63,70)(H,64,71)(H4,51,52,57)(H4,53,54,58)(H4,55,56,59)/t30-,31-,32-,33-,34-,35-,36-/m0/s1. The Labute approximate surface area is 436 Å². The van der Waals surface area contributed by atoms with Gasteiger partial charge in [-0.25, -0.2) is 0 Å². The number of carbonyl (C=O) groups is 7. The number of guanidine groups is 3. The van der Waals surface area contributed by atoms with Gasteiger partial charge in [-0.15, -0.1) is 0 Å². The van der Waals surface area contributed by atoms with Crippen LogP contribution >= 0.6 is 21.6 Å². The van der Waals surface area contributed by atoms with Crippen molar-refractivity contribution in [3.63, 3.8) is 0 Å².